The van der Waals surface area contributed by atoms with Crippen LogP contribution in [0.3, 0.4) is 0 Å². The van der Waals surface area contributed by atoms with Gasteiger partial charge in [-0.25, -0.2) is 14.6 Å². The zero-order valence-corrected chi connectivity index (χ0v) is 25.0. The molecule has 11 heteroatoms. The summed E-state index contributed by atoms with van der Waals surface area (Å²) in [5.41, 5.74) is 1.85. The number of nitrogens with zero attached hydrogens (tertiary/aromatic N) is 2. The highest BCUT2D eigenvalue weighted by molar-refractivity contribution is 7.07. The van der Waals surface area contributed by atoms with E-state index in [0.29, 0.717) is 54.9 Å². The molecule has 0 fully saturated rings. The predicted octanol–water partition coefficient (Wildman–Crippen LogP) is 4.18. The molecular formula is C30H31ClN2O7S. The minimum atomic E-state index is -0.741. The number of carbonyl (C=O) groups excluding carboxylic acids is 2. The first kappa shape index (κ1) is 30.1. The Kier molecular flexibility index (Phi) is 9.67. The molecule has 0 aliphatic carbocycles. The summed E-state index contributed by atoms with van der Waals surface area (Å²) in [4.78, 5) is 43.9. The fraction of sp³-hybridized carbons (Fsp3) is 0.333. The molecule has 216 valence electrons. The van der Waals surface area contributed by atoms with Crippen LogP contribution in [0.25, 0.3) is 6.08 Å². The van der Waals surface area contributed by atoms with E-state index in [4.69, 9.17) is 30.5 Å². The maximum absolute atomic E-state index is 13.9. The van der Waals surface area contributed by atoms with Crippen LogP contribution in [0.15, 0.2) is 63.5 Å². The molecular weight excluding hydrogens is 568 g/mol. The average molecular weight is 599 g/mol. The molecule has 0 radical (unpaired) electrons. The lowest BCUT2D eigenvalue weighted by atomic mass is 9.96. The van der Waals surface area contributed by atoms with E-state index < -0.39 is 18.0 Å². The van der Waals surface area contributed by atoms with Gasteiger partial charge in [-0.05, 0) is 76.1 Å². The molecule has 1 atom stereocenters. The van der Waals surface area contributed by atoms with Crippen LogP contribution in [0, 0.1) is 0 Å². The zero-order valence-electron chi connectivity index (χ0n) is 23.4. The summed E-state index contributed by atoms with van der Waals surface area (Å²) in [7, 11) is 0. The molecule has 0 saturated heterocycles. The Bertz CT molecular complexity index is 1660. The van der Waals surface area contributed by atoms with Crippen LogP contribution in [0.4, 0.5) is 0 Å². The van der Waals surface area contributed by atoms with Gasteiger partial charge in [-0.15, -0.1) is 0 Å². The highest BCUT2D eigenvalue weighted by atomic mass is 35.5. The monoisotopic (exact) mass is 598 g/mol. The third-order valence-corrected chi connectivity index (χ3v) is 7.22. The van der Waals surface area contributed by atoms with Gasteiger partial charge in [0.25, 0.3) is 5.56 Å². The molecule has 2 heterocycles. The van der Waals surface area contributed by atoms with Gasteiger partial charge in [0.2, 0.25) is 0 Å². The second-order valence-corrected chi connectivity index (χ2v) is 10.8. The van der Waals surface area contributed by atoms with Gasteiger partial charge in [0, 0.05) is 5.02 Å². The molecule has 1 aromatic heterocycles. The Labute approximate surface area is 246 Å². The summed E-state index contributed by atoms with van der Waals surface area (Å²) in [6, 6.07) is 11.4. The lowest BCUT2D eigenvalue weighted by molar-refractivity contribution is -0.145. The van der Waals surface area contributed by atoms with E-state index in [1.54, 1.807) is 76.2 Å². The van der Waals surface area contributed by atoms with Gasteiger partial charge in [0.15, 0.2) is 22.9 Å². The highest BCUT2D eigenvalue weighted by Gasteiger charge is 2.33. The number of hydrogen-bond acceptors (Lipinski definition) is 9. The van der Waals surface area contributed by atoms with Crippen LogP contribution < -0.4 is 24.4 Å². The minimum Gasteiger partial charge on any atom is -0.490 e. The van der Waals surface area contributed by atoms with E-state index in [1.807, 2.05) is 6.92 Å². The summed E-state index contributed by atoms with van der Waals surface area (Å²) >= 11 is 7.35. The van der Waals surface area contributed by atoms with Crippen molar-refractivity contribution in [1.29, 1.82) is 0 Å². The fourth-order valence-corrected chi connectivity index (χ4v) is 5.49. The van der Waals surface area contributed by atoms with Crippen LogP contribution in [-0.2, 0) is 19.1 Å². The van der Waals surface area contributed by atoms with Gasteiger partial charge in [0.1, 0.15) is 0 Å². The molecule has 0 N–H and O–H groups in total. The van der Waals surface area contributed by atoms with E-state index >= 15 is 0 Å². The fourth-order valence-electron chi connectivity index (χ4n) is 4.31. The highest BCUT2D eigenvalue weighted by Crippen LogP contribution is 2.32. The number of ether oxygens (including phenoxy) is 4. The van der Waals surface area contributed by atoms with Gasteiger partial charge in [-0.1, -0.05) is 41.1 Å². The van der Waals surface area contributed by atoms with Crippen molar-refractivity contribution in [1.82, 2.24) is 4.57 Å². The van der Waals surface area contributed by atoms with Crippen molar-refractivity contribution in [3.05, 3.63) is 89.6 Å². The minimum absolute atomic E-state index is 0.252. The molecule has 2 aromatic carbocycles. The van der Waals surface area contributed by atoms with Crippen LogP contribution in [0.5, 0.6) is 11.5 Å². The molecule has 3 aromatic rings. The first-order valence-corrected chi connectivity index (χ1v) is 14.4. The van der Waals surface area contributed by atoms with E-state index in [2.05, 4.69) is 4.99 Å². The Morgan fingerprint density at radius 2 is 1.80 bits per heavy atom. The average Bonchev–Trinajstić information content (AvgIpc) is 3.22. The van der Waals surface area contributed by atoms with E-state index in [1.165, 1.54) is 15.9 Å². The molecule has 4 rings (SSSR count). The topological polar surface area (TPSA) is 105 Å². The third-order valence-electron chi connectivity index (χ3n) is 5.99. The first-order valence-electron chi connectivity index (χ1n) is 13.2. The number of fused-ring (bicyclic) bond motifs is 1. The molecule has 9 nitrogen and oxygen atoms in total. The third kappa shape index (κ3) is 6.89. The zero-order chi connectivity index (χ0) is 29.7. The largest absolute Gasteiger partial charge is 0.490 e. The molecule has 1 unspecified atom stereocenters. The molecule has 1 aliphatic heterocycles. The molecule has 41 heavy (non-hydrogen) atoms. The number of carbonyl (C=O) groups is 2. The number of hydrogen-bond donors (Lipinski definition) is 0. The van der Waals surface area contributed by atoms with Crippen LogP contribution >= 0.6 is 22.9 Å². The normalized spacial score (nSPS) is 14.9. The van der Waals surface area contributed by atoms with Crippen molar-refractivity contribution in [3.8, 4) is 11.5 Å². The summed E-state index contributed by atoms with van der Waals surface area (Å²) < 4.78 is 23.7. The van der Waals surface area contributed by atoms with Crippen molar-refractivity contribution in [2.75, 3.05) is 19.8 Å². The Morgan fingerprint density at radius 1 is 1.07 bits per heavy atom. The van der Waals surface area contributed by atoms with Gasteiger partial charge in [-0.3, -0.25) is 9.36 Å². The van der Waals surface area contributed by atoms with Gasteiger partial charge in [0.05, 0.1) is 41.2 Å². The Hall–Kier alpha value is -3.89. The number of allylic oxidation sites excluding steroid dienone is 1. The SMILES string of the molecule is CCOC(=O)COc1ccc(/C=c2/sc3n(c2=O)C(c2ccc(Cl)cc2)C(C(=O)OC(C)C)=C(C)N=3)cc1OCC. The number of benzene rings is 2. The lowest BCUT2D eigenvalue weighted by Gasteiger charge is -2.25. The number of rotatable bonds is 10. The molecule has 0 bridgehead atoms. The van der Waals surface area contributed by atoms with Crippen LogP contribution in [0.2, 0.25) is 5.02 Å². The number of halogens is 1. The molecule has 0 amide bonds. The van der Waals surface area contributed by atoms with Gasteiger partial charge in [-0.2, -0.15) is 0 Å². The standard InChI is InChI=1S/C30H31ClN2O7S/c1-6-37-23-14-19(8-13-22(23)39-16-25(34)38-7-2)15-24-28(35)33-27(20-9-11-21(31)12-10-20)26(29(36)40-17(3)4)18(5)32-30(33)41-24/h8-15,17,27H,6-7,16H2,1-5H3/b24-15+. The van der Waals surface area contributed by atoms with Crippen molar-refractivity contribution >= 4 is 41.0 Å². The first-order chi connectivity index (χ1) is 19.6. The van der Waals surface area contributed by atoms with Gasteiger partial charge < -0.3 is 18.9 Å². The number of thiazole rings is 1. The lowest BCUT2D eigenvalue weighted by Crippen LogP contribution is -2.40. The maximum atomic E-state index is 13.9. The predicted molar refractivity (Wildman–Crippen MR) is 156 cm³/mol. The number of esters is 2. The summed E-state index contributed by atoms with van der Waals surface area (Å²) in [6.07, 6.45) is 1.38. The maximum Gasteiger partial charge on any atom is 0.344 e. The Morgan fingerprint density at radius 3 is 2.46 bits per heavy atom. The van der Waals surface area contributed by atoms with Crippen LogP contribution in [0.1, 0.15) is 51.8 Å². The van der Waals surface area contributed by atoms with Gasteiger partial charge >= 0.3 is 11.9 Å². The Balaban J connectivity index is 1.79. The summed E-state index contributed by atoms with van der Waals surface area (Å²) in [6.45, 7) is 9.21. The van der Waals surface area contributed by atoms with Crippen molar-refractivity contribution in [2.45, 2.75) is 46.8 Å². The van der Waals surface area contributed by atoms with Crippen molar-refractivity contribution < 1.29 is 28.5 Å². The smallest absolute Gasteiger partial charge is 0.344 e. The molecule has 0 spiro atoms. The molecule has 1 aliphatic rings. The van der Waals surface area contributed by atoms with Crippen LogP contribution in [-0.4, -0.2) is 42.4 Å². The van der Waals surface area contributed by atoms with Crippen molar-refractivity contribution in [2.24, 2.45) is 4.99 Å². The van der Waals surface area contributed by atoms with E-state index in [9.17, 15) is 14.4 Å². The summed E-state index contributed by atoms with van der Waals surface area (Å²) in [5, 5.41) is 0.535. The number of aromatic nitrogens is 1. The summed E-state index contributed by atoms with van der Waals surface area (Å²) in [5.74, 6) is -0.213. The van der Waals surface area contributed by atoms with E-state index in [0.717, 1.165) is 0 Å². The molecule has 0 saturated carbocycles. The van der Waals surface area contributed by atoms with E-state index in [-0.39, 0.29) is 24.9 Å². The van der Waals surface area contributed by atoms with Crippen molar-refractivity contribution in [3.63, 3.8) is 0 Å². The quantitative estimate of drug-likeness (QED) is 0.322. The second kappa shape index (κ2) is 13.2. The second-order valence-electron chi connectivity index (χ2n) is 9.32.